The fraction of sp³-hybridized carbons (Fsp3) is 0.455. The van der Waals surface area contributed by atoms with Crippen molar-refractivity contribution in [3.05, 3.63) is 35.4 Å². The minimum absolute atomic E-state index is 0.531. The first-order valence-electron chi connectivity index (χ1n) is 4.75. The Morgan fingerprint density at radius 2 is 2.00 bits per heavy atom. The molecule has 15 heavy (non-hydrogen) atoms. The molecular weight excluding hydrogens is 200 g/mol. The SMILES string of the molecule is COCN(C)CCc1ccc(F)c(F)c1. The highest BCUT2D eigenvalue weighted by molar-refractivity contribution is 5.17. The van der Waals surface area contributed by atoms with Gasteiger partial charge in [0.25, 0.3) is 0 Å². The van der Waals surface area contributed by atoms with E-state index in [2.05, 4.69) is 0 Å². The molecule has 0 bridgehead atoms. The number of ether oxygens (including phenoxy) is 1. The summed E-state index contributed by atoms with van der Waals surface area (Å²) in [5.41, 5.74) is 0.789. The number of hydrogen-bond acceptors (Lipinski definition) is 2. The van der Waals surface area contributed by atoms with Gasteiger partial charge in [0.1, 0.15) is 0 Å². The van der Waals surface area contributed by atoms with Crippen molar-refractivity contribution < 1.29 is 13.5 Å². The Hall–Kier alpha value is -1.00. The predicted molar refractivity (Wildman–Crippen MR) is 54.6 cm³/mol. The third kappa shape index (κ3) is 3.93. The highest BCUT2D eigenvalue weighted by Crippen LogP contribution is 2.09. The summed E-state index contributed by atoms with van der Waals surface area (Å²) in [4.78, 5) is 1.96. The van der Waals surface area contributed by atoms with Crippen LogP contribution in [0.25, 0.3) is 0 Å². The maximum atomic E-state index is 12.8. The Balaban J connectivity index is 2.47. The molecule has 1 aromatic carbocycles. The van der Waals surface area contributed by atoms with Gasteiger partial charge >= 0.3 is 0 Å². The van der Waals surface area contributed by atoms with E-state index in [0.29, 0.717) is 13.2 Å². The highest BCUT2D eigenvalue weighted by Gasteiger charge is 2.03. The monoisotopic (exact) mass is 215 g/mol. The molecule has 0 radical (unpaired) electrons. The second-order valence-electron chi connectivity index (χ2n) is 3.50. The number of halogens is 2. The van der Waals surface area contributed by atoms with Gasteiger partial charge in [0, 0.05) is 13.7 Å². The number of hydrogen-bond donors (Lipinski definition) is 0. The van der Waals surface area contributed by atoms with Gasteiger partial charge in [-0.25, -0.2) is 8.78 Å². The second kappa shape index (κ2) is 5.78. The van der Waals surface area contributed by atoms with E-state index in [1.807, 2.05) is 11.9 Å². The molecule has 0 amide bonds. The zero-order valence-electron chi connectivity index (χ0n) is 8.96. The molecule has 0 unspecified atom stereocenters. The first-order chi connectivity index (χ1) is 7.13. The Labute approximate surface area is 88.5 Å². The molecule has 0 aromatic heterocycles. The van der Waals surface area contributed by atoms with Gasteiger partial charge < -0.3 is 4.74 Å². The van der Waals surface area contributed by atoms with Crippen molar-refractivity contribution >= 4 is 0 Å². The third-order valence-corrected chi connectivity index (χ3v) is 2.12. The summed E-state index contributed by atoms with van der Waals surface area (Å²) in [6.45, 7) is 1.28. The maximum absolute atomic E-state index is 12.8. The van der Waals surface area contributed by atoms with E-state index < -0.39 is 11.6 Å². The first kappa shape index (κ1) is 12.1. The highest BCUT2D eigenvalue weighted by atomic mass is 19.2. The minimum Gasteiger partial charge on any atom is -0.369 e. The standard InChI is InChI=1S/C11H15F2NO/c1-14(8-15-2)6-5-9-3-4-10(12)11(13)7-9/h3-4,7H,5-6,8H2,1-2H3. The lowest BCUT2D eigenvalue weighted by Gasteiger charge is -2.14. The number of methoxy groups -OCH3 is 1. The largest absolute Gasteiger partial charge is 0.369 e. The fourth-order valence-electron chi connectivity index (χ4n) is 1.30. The Morgan fingerprint density at radius 1 is 1.27 bits per heavy atom. The van der Waals surface area contributed by atoms with E-state index in [9.17, 15) is 8.78 Å². The van der Waals surface area contributed by atoms with Crippen LogP contribution in [0.4, 0.5) is 8.78 Å². The van der Waals surface area contributed by atoms with Crippen LogP contribution in [0.5, 0.6) is 0 Å². The lowest BCUT2D eigenvalue weighted by molar-refractivity contribution is 0.0827. The number of likely N-dealkylation sites (N-methyl/N-ethyl adjacent to an activating group) is 1. The Morgan fingerprint density at radius 3 is 2.60 bits per heavy atom. The molecule has 0 atom stereocenters. The molecule has 0 N–H and O–H groups in total. The summed E-state index contributed by atoms with van der Waals surface area (Å²) in [7, 11) is 3.53. The van der Waals surface area contributed by atoms with Crippen molar-refractivity contribution in [2.24, 2.45) is 0 Å². The molecule has 0 aliphatic heterocycles. The van der Waals surface area contributed by atoms with Gasteiger partial charge in [-0.1, -0.05) is 6.07 Å². The summed E-state index contributed by atoms with van der Waals surface area (Å²) in [5.74, 6) is -1.59. The molecule has 4 heteroatoms. The van der Waals surface area contributed by atoms with E-state index in [1.165, 1.54) is 6.07 Å². The number of rotatable bonds is 5. The molecule has 2 nitrogen and oxygen atoms in total. The maximum Gasteiger partial charge on any atom is 0.159 e. The lowest BCUT2D eigenvalue weighted by atomic mass is 10.1. The molecular formula is C11H15F2NO. The zero-order valence-corrected chi connectivity index (χ0v) is 8.96. The predicted octanol–water partition coefficient (Wildman–Crippen LogP) is 2.04. The van der Waals surface area contributed by atoms with Gasteiger partial charge in [-0.05, 0) is 31.2 Å². The van der Waals surface area contributed by atoms with Crippen LogP contribution in [0.15, 0.2) is 18.2 Å². The smallest absolute Gasteiger partial charge is 0.159 e. The summed E-state index contributed by atoms with van der Waals surface area (Å²) in [6.07, 6.45) is 0.678. The Kier molecular flexibility index (Phi) is 4.65. The van der Waals surface area contributed by atoms with Crippen molar-refractivity contribution in [1.29, 1.82) is 0 Å². The van der Waals surface area contributed by atoms with Crippen LogP contribution in [-0.2, 0) is 11.2 Å². The molecule has 1 aromatic rings. The number of benzene rings is 1. The summed E-state index contributed by atoms with van der Waals surface area (Å²) in [5, 5.41) is 0. The average molecular weight is 215 g/mol. The normalized spacial score (nSPS) is 11.0. The van der Waals surface area contributed by atoms with Crippen LogP contribution < -0.4 is 0 Å². The van der Waals surface area contributed by atoms with Crippen molar-refractivity contribution in [3.8, 4) is 0 Å². The average Bonchev–Trinajstić information content (AvgIpc) is 2.20. The van der Waals surface area contributed by atoms with Crippen LogP contribution in [0, 0.1) is 11.6 Å². The van der Waals surface area contributed by atoms with E-state index in [4.69, 9.17) is 4.74 Å². The minimum atomic E-state index is -0.802. The van der Waals surface area contributed by atoms with E-state index in [1.54, 1.807) is 13.2 Å². The zero-order chi connectivity index (χ0) is 11.3. The quantitative estimate of drug-likeness (QED) is 0.697. The van der Waals surface area contributed by atoms with Gasteiger partial charge in [0.2, 0.25) is 0 Å². The van der Waals surface area contributed by atoms with Gasteiger partial charge in [0.15, 0.2) is 11.6 Å². The van der Waals surface area contributed by atoms with E-state index >= 15 is 0 Å². The molecule has 0 fully saturated rings. The van der Waals surface area contributed by atoms with Gasteiger partial charge in [0.05, 0.1) is 6.73 Å². The van der Waals surface area contributed by atoms with Crippen LogP contribution in [0.1, 0.15) is 5.56 Å². The molecule has 0 spiro atoms. The molecule has 84 valence electrons. The van der Waals surface area contributed by atoms with Gasteiger partial charge in [-0.2, -0.15) is 0 Å². The third-order valence-electron chi connectivity index (χ3n) is 2.12. The summed E-state index contributed by atoms with van der Waals surface area (Å²) in [6, 6.07) is 3.98. The van der Waals surface area contributed by atoms with Crippen molar-refractivity contribution in [2.75, 3.05) is 27.4 Å². The fourth-order valence-corrected chi connectivity index (χ4v) is 1.30. The Bertz CT molecular complexity index is 317. The lowest BCUT2D eigenvalue weighted by Crippen LogP contribution is -2.23. The van der Waals surface area contributed by atoms with E-state index in [-0.39, 0.29) is 0 Å². The molecule has 0 saturated heterocycles. The summed E-state index contributed by atoms with van der Waals surface area (Å²) < 4.78 is 30.4. The second-order valence-corrected chi connectivity index (χ2v) is 3.50. The molecule has 0 aliphatic carbocycles. The number of nitrogens with zero attached hydrogens (tertiary/aromatic N) is 1. The topological polar surface area (TPSA) is 12.5 Å². The van der Waals surface area contributed by atoms with Crippen LogP contribution in [0.3, 0.4) is 0 Å². The molecule has 0 heterocycles. The molecule has 0 aliphatic rings. The van der Waals surface area contributed by atoms with E-state index in [0.717, 1.165) is 18.2 Å². The van der Waals surface area contributed by atoms with Crippen molar-refractivity contribution in [3.63, 3.8) is 0 Å². The molecule has 1 rings (SSSR count). The van der Waals surface area contributed by atoms with Crippen molar-refractivity contribution in [1.82, 2.24) is 4.90 Å². The van der Waals surface area contributed by atoms with Gasteiger partial charge in [-0.3, -0.25) is 4.90 Å². The van der Waals surface area contributed by atoms with Crippen LogP contribution >= 0.6 is 0 Å². The van der Waals surface area contributed by atoms with Gasteiger partial charge in [-0.15, -0.1) is 0 Å². The van der Waals surface area contributed by atoms with Crippen LogP contribution in [-0.4, -0.2) is 32.3 Å². The van der Waals surface area contributed by atoms with Crippen molar-refractivity contribution in [2.45, 2.75) is 6.42 Å². The summed E-state index contributed by atoms with van der Waals surface area (Å²) >= 11 is 0. The first-order valence-corrected chi connectivity index (χ1v) is 4.75. The van der Waals surface area contributed by atoms with Crippen LogP contribution in [0.2, 0.25) is 0 Å². The molecule has 0 saturated carbocycles.